The molecular weight excluding hydrogens is 354 g/mol. The van der Waals surface area contributed by atoms with E-state index in [2.05, 4.69) is 11.8 Å². The van der Waals surface area contributed by atoms with Crippen LogP contribution in [0.4, 0.5) is 0 Å². The number of nitrogens with zero attached hydrogens (tertiary/aromatic N) is 3. The number of aromatic nitrogens is 1. The summed E-state index contributed by atoms with van der Waals surface area (Å²) in [5.41, 5.74) is 2.84. The number of rotatable bonds is 4. The van der Waals surface area contributed by atoms with E-state index < -0.39 is 0 Å². The molecular formula is C22H23N3OS. The number of carbonyl (C=O) groups excluding carboxylic acids is 1. The molecule has 0 unspecified atom stereocenters. The quantitative estimate of drug-likeness (QED) is 0.682. The summed E-state index contributed by atoms with van der Waals surface area (Å²) in [6.07, 6.45) is 0. The number of carbonyl (C=O) groups is 1. The number of thiazole rings is 1. The SMILES string of the molecule is CCN1CCN(C(=O)c2sc(-c3ccccc3)nc2-c2ccccc2)CC1. The molecule has 0 aliphatic carbocycles. The van der Waals surface area contributed by atoms with E-state index in [-0.39, 0.29) is 5.91 Å². The molecule has 1 saturated heterocycles. The lowest BCUT2D eigenvalue weighted by molar-refractivity contribution is 0.0648. The molecule has 0 spiro atoms. The topological polar surface area (TPSA) is 36.4 Å². The summed E-state index contributed by atoms with van der Waals surface area (Å²) in [6, 6.07) is 20.1. The van der Waals surface area contributed by atoms with Crippen molar-refractivity contribution in [1.29, 1.82) is 0 Å². The van der Waals surface area contributed by atoms with Crippen LogP contribution in [0.3, 0.4) is 0 Å². The predicted octanol–water partition coefficient (Wildman–Crippen LogP) is 4.25. The van der Waals surface area contributed by atoms with Gasteiger partial charge in [0.15, 0.2) is 0 Å². The number of amides is 1. The van der Waals surface area contributed by atoms with Gasteiger partial charge in [0.05, 0.1) is 5.69 Å². The molecule has 0 bridgehead atoms. The molecule has 0 N–H and O–H groups in total. The molecule has 1 amide bonds. The monoisotopic (exact) mass is 377 g/mol. The van der Waals surface area contributed by atoms with Crippen molar-refractivity contribution in [2.45, 2.75) is 6.92 Å². The highest BCUT2D eigenvalue weighted by Crippen LogP contribution is 2.34. The third kappa shape index (κ3) is 3.80. The zero-order chi connectivity index (χ0) is 18.6. The largest absolute Gasteiger partial charge is 0.335 e. The fourth-order valence-electron chi connectivity index (χ4n) is 3.37. The van der Waals surface area contributed by atoms with Crippen LogP contribution in [-0.2, 0) is 0 Å². The van der Waals surface area contributed by atoms with Gasteiger partial charge in [-0.2, -0.15) is 0 Å². The maximum Gasteiger partial charge on any atom is 0.266 e. The second kappa shape index (κ2) is 8.03. The first kappa shape index (κ1) is 17.9. The first-order chi connectivity index (χ1) is 13.3. The van der Waals surface area contributed by atoms with E-state index in [1.807, 2.05) is 65.6 Å². The standard InChI is InChI=1S/C22H23N3OS/c1-2-24-13-15-25(16-14-24)22(26)20-19(17-9-5-3-6-10-17)23-21(27-20)18-11-7-4-8-12-18/h3-12H,2,13-16H2,1H3. The molecule has 1 aromatic heterocycles. The van der Waals surface area contributed by atoms with Crippen molar-refractivity contribution < 1.29 is 4.79 Å². The van der Waals surface area contributed by atoms with Crippen molar-refractivity contribution in [3.8, 4) is 21.8 Å². The summed E-state index contributed by atoms with van der Waals surface area (Å²) in [5.74, 6) is 0.101. The van der Waals surface area contributed by atoms with Crippen molar-refractivity contribution in [3.63, 3.8) is 0 Å². The van der Waals surface area contributed by atoms with Crippen molar-refractivity contribution in [2.75, 3.05) is 32.7 Å². The van der Waals surface area contributed by atoms with Crippen LogP contribution in [0.15, 0.2) is 60.7 Å². The molecule has 4 rings (SSSR count). The Morgan fingerprint density at radius 2 is 1.52 bits per heavy atom. The Morgan fingerprint density at radius 3 is 2.11 bits per heavy atom. The highest BCUT2D eigenvalue weighted by Gasteiger charge is 2.27. The van der Waals surface area contributed by atoms with Crippen LogP contribution in [0.5, 0.6) is 0 Å². The molecule has 1 aliphatic heterocycles. The third-order valence-corrected chi connectivity index (χ3v) is 6.09. The van der Waals surface area contributed by atoms with Crippen LogP contribution in [0.25, 0.3) is 21.8 Å². The molecule has 1 aliphatic rings. The zero-order valence-electron chi connectivity index (χ0n) is 15.5. The average Bonchev–Trinajstić information content (AvgIpc) is 3.20. The van der Waals surface area contributed by atoms with Crippen LogP contribution in [0.1, 0.15) is 16.6 Å². The number of benzene rings is 2. The fraction of sp³-hybridized carbons (Fsp3) is 0.273. The van der Waals surface area contributed by atoms with E-state index in [1.165, 1.54) is 11.3 Å². The Morgan fingerprint density at radius 1 is 0.926 bits per heavy atom. The van der Waals surface area contributed by atoms with Gasteiger partial charge in [0.25, 0.3) is 5.91 Å². The van der Waals surface area contributed by atoms with Gasteiger partial charge in [-0.3, -0.25) is 4.79 Å². The van der Waals surface area contributed by atoms with Gasteiger partial charge in [-0.05, 0) is 6.54 Å². The molecule has 5 heteroatoms. The van der Waals surface area contributed by atoms with Gasteiger partial charge in [0.1, 0.15) is 9.88 Å². The fourth-order valence-corrected chi connectivity index (χ4v) is 4.43. The predicted molar refractivity (Wildman–Crippen MR) is 111 cm³/mol. The number of likely N-dealkylation sites (N-methyl/N-ethyl adjacent to an activating group) is 1. The van der Waals surface area contributed by atoms with Gasteiger partial charge in [-0.25, -0.2) is 4.98 Å². The molecule has 2 heterocycles. The molecule has 4 nitrogen and oxygen atoms in total. The second-order valence-corrected chi connectivity index (χ2v) is 7.65. The Balaban J connectivity index is 1.70. The normalized spacial score (nSPS) is 15.1. The van der Waals surface area contributed by atoms with Gasteiger partial charge in [-0.15, -0.1) is 11.3 Å². The zero-order valence-corrected chi connectivity index (χ0v) is 16.3. The Kier molecular flexibility index (Phi) is 5.32. The van der Waals surface area contributed by atoms with Gasteiger partial charge < -0.3 is 9.80 Å². The molecule has 27 heavy (non-hydrogen) atoms. The molecule has 0 atom stereocenters. The van der Waals surface area contributed by atoms with E-state index in [0.29, 0.717) is 0 Å². The molecule has 0 radical (unpaired) electrons. The second-order valence-electron chi connectivity index (χ2n) is 6.66. The Labute approximate surface area is 164 Å². The first-order valence-corrected chi connectivity index (χ1v) is 10.2. The smallest absolute Gasteiger partial charge is 0.266 e. The number of piperazine rings is 1. The summed E-state index contributed by atoms with van der Waals surface area (Å²) >= 11 is 1.50. The van der Waals surface area contributed by atoms with Crippen molar-refractivity contribution in [2.24, 2.45) is 0 Å². The van der Waals surface area contributed by atoms with E-state index in [4.69, 9.17) is 4.98 Å². The number of hydrogen-bond donors (Lipinski definition) is 0. The minimum Gasteiger partial charge on any atom is -0.335 e. The van der Waals surface area contributed by atoms with Crippen molar-refractivity contribution in [1.82, 2.24) is 14.8 Å². The van der Waals surface area contributed by atoms with E-state index in [9.17, 15) is 4.79 Å². The first-order valence-electron chi connectivity index (χ1n) is 9.39. The molecule has 138 valence electrons. The highest BCUT2D eigenvalue weighted by atomic mass is 32.1. The highest BCUT2D eigenvalue weighted by molar-refractivity contribution is 7.17. The minimum atomic E-state index is 0.101. The molecule has 2 aromatic carbocycles. The van der Waals surface area contributed by atoms with Crippen molar-refractivity contribution in [3.05, 3.63) is 65.5 Å². The molecule has 0 saturated carbocycles. The van der Waals surface area contributed by atoms with Gasteiger partial charge in [-0.1, -0.05) is 67.6 Å². The molecule has 3 aromatic rings. The van der Waals surface area contributed by atoms with E-state index >= 15 is 0 Å². The van der Waals surface area contributed by atoms with Gasteiger partial charge in [0, 0.05) is 37.3 Å². The van der Waals surface area contributed by atoms with Crippen LogP contribution < -0.4 is 0 Å². The Hall–Kier alpha value is -2.50. The average molecular weight is 378 g/mol. The summed E-state index contributed by atoms with van der Waals surface area (Å²) in [4.78, 5) is 23.3. The maximum atomic E-state index is 13.3. The summed E-state index contributed by atoms with van der Waals surface area (Å²) in [7, 11) is 0. The van der Waals surface area contributed by atoms with Crippen LogP contribution in [0, 0.1) is 0 Å². The lowest BCUT2D eigenvalue weighted by atomic mass is 10.1. The lowest BCUT2D eigenvalue weighted by Crippen LogP contribution is -2.48. The third-order valence-electron chi connectivity index (χ3n) is 5.00. The van der Waals surface area contributed by atoms with Crippen LogP contribution in [-0.4, -0.2) is 53.4 Å². The number of hydrogen-bond acceptors (Lipinski definition) is 4. The van der Waals surface area contributed by atoms with Crippen LogP contribution >= 0.6 is 11.3 Å². The van der Waals surface area contributed by atoms with Gasteiger partial charge >= 0.3 is 0 Å². The summed E-state index contributed by atoms with van der Waals surface area (Å²) in [6.45, 7) is 6.63. The lowest BCUT2D eigenvalue weighted by Gasteiger charge is -2.33. The van der Waals surface area contributed by atoms with Gasteiger partial charge in [0.2, 0.25) is 0 Å². The summed E-state index contributed by atoms with van der Waals surface area (Å²) < 4.78 is 0. The summed E-state index contributed by atoms with van der Waals surface area (Å²) in [5, 5.41) is 0.894. The van der Waals surface area contributed by atoms with Crippen molar-refractivity contribution >= 4 is 17.2 Å². The van der Waals surface area contributed by atoms with Crippen LogP contribution in [0.2, 0.25) is 0 Å². The van der Waals surface area contributed by atoms with E-state index in [1.54, 1.807) is 0 Å². The van der Waals surface area contributed by atoms with E-state index in [0.717, 1.165) is 59.4 Å². The molecule has 1 fully saturated rings. The Bertz CT molecular complexity index is 900. The minimum absolute atomic E-state index is 0.101. The maximum absolute atomic E-state index is 13.3.